The summed E-state index contributed by atoms with van der Waals surface area (Å²) in [6.07, 6.45) is 3.69. The van der Waals surface area contributed by atoms with Crippen LogP contribution in [0.5, 0.6) is 0 Å². The fourth-order valence-electron chi connectivity index (χ4n) is 1.99. The molecule has 0 spiro atoms. The first-order valence-corrected chi connectivity index (χ1v) is 7.35. The minimum Gasteiger partial charge on any atom is -0.425 e. The molecule has 0 atom stereocenters. The van der Waals surface area contributed by atoms with Gasteiger partial charge in [0.05, 0.1) is 0 Å². The average Bonchev–Trinajstić information content (AvgIpc) is 2.91. The van der Waals surface area contributed by atoms with E-state index in [-0.39, 0.29) is 0 Å². The molecule has 4 nitrogen and oxygen atoms in total. The number of aromatic nitrogens is 2. The van der Waals surface area contributed by atoms with Gasteiger partial charge in [-0.15, -0.1) is 10.2 Å². The van der Waals surface area contributed by atoms with E-state index in [2.05, 4.69) is 53.6 Å². The van der Waals surface area contributed by atoms with Crippen molar-refractivity contribution >= 4 is 0 Å². The standard InChI is InChI=1S/C16H23N3O/c1-3-11-17-12-10-16-19-18-15(20-16)9-8-14-6-4-13(2)5-7-14/h4-7,17H,3,8-12H2,1-2H3. The van der Waals surface area contributed by atoms with Crippen LogP contribution in [0.4, 0.5) is 0 Å². The first-order chi connectivity index (χ1) is 9.78. The fraction of sp³-hybridized carbons (Fsp3) is 0.500. The molecule has 0 fully saturated rings. The SMILES string of the molecule is CCCNCCc1nnc(CCc2ccc(C)cc2)o1. The largest absolute Gasteiger partial charge is 0.425 e. The first kappa shape index (κ1) is 14.7. The van der Waals surface area contributed by atoms with E-state index in [0.29, 0.717) is 0 Å². The normalized spacial score (nSPS) is 10.9. The summed E-state index contributed by atoms with van der Waals surface area (Å²) in [6, 6.07) is 8.57. The molecule has 0 radical (unpaired) electrons. The Kier molecular flexibility index (Phi) is 5.74. The Labute approximate surface area is 120 Å². The lowest BCUT2D eigenvalue weighted by molar-refractivity contribution is 0.443. The van der Waals surface area contributed by atoms with Crippen LogP contribution in [0.25, 0.3) is 0 Å². The molecule has 0 aliphatic rings. The van der Waals surface area contributed by atoms with Gasteiger partial charge in [-0.1, -0.05) is 36.8 Å². The Balaban J connectivity index is 1.76. The molecular formula is C16H23N3O. The number of nitrogens with zero attached hydrogens (tertiary/aromatic N) is 2. The molecule has 0 saturated heterocycles. The van der Waals surface area contributed by atoms with Crippen LogP contribution in [-0.4, -0.2) is 23.3 Å². The maximum atomic E-state index is 5.65. The minimum atomic E-state index is 0.729. The Morgan fingerprint density at radius 2 is 1.65 bits per heavy atom. The lowest BCUT2D eigenvalue weighted by atomic mass is 10.1. The van der Waals surface area contributed by atoms with Gasteiger partial charge in [0.1, 0.15) is 0 Å². The lowest BCUT2D eigenvalue weighted by Crippen LogP contribution is -2.17. The first-order valence-electron chi connectivity index (χ1n) is 7.35. The van der Waals surface area contributed by atoms with Gasteiger partial charge in [0.2, 0.25) is 11.8 Å². The second-order valence-corrected chi connectivity index (χ2v) is 5.08. The fourth-order valence-corrected chi connectivity index (χ4v) is 1.99. The van der Waals surface area contributed by atoms with Crippen LogP contribution in [0.3, 0.4) is 0 Å². The van der Waals surface area contributed by atoms with Crippen LogP contribution < -0.4 is 5.32 Å². The van der Waals surface area contributed by atoms with Gasteiger partial charge >= 0.3 is 0 Å². The van der Waals surface area contributed by atoms with Crippen molar-refractivity contribution in [3.63, 3.8) is 0 Å². The van der Waals surface area contributed by atoms with Crippen LogP contribution in [0.2, 0.25) is 0 Å². The van der Waals surface area contributed by atoms with Gasteiger partial charge in [-0.3, -0.25) is 0 Å². The van der Waals surface area contributed by atoms with Crippen molar-refractivity contribution in [3.05, 3.63) is 47.2 Å². The molecule has 2 rings (SSSR count). The average molecular weight is 273 g/mol. The molecule has 0 aliphatic carbocycles. The zero-order valence-electron chi connectivity index (χ0n) is 12.4. The summed E-state index contributed by atoms with van der Waals surface area (Å²) in [7, 11) is 0. The highest BCUT2D eigenvalue weighted by Crippen LogP contribution is 2.08. The van der Waals surface area contributed by atoms with Gasteiger partial charge in [-0.05, 0) is 31.9 Å². The van der Waals surface area contributed by atoms with E-state index < -0.39 is 0 Å². The van der Waals surface area contributed by atoms with Crippen molar-refractivity contribution in [3.8, 4) is 0 Å². The third-order valence-electron chi connectivity index (χ3n) is 3.20. The quantitative estimate of drug-likeness (QED) is 0.751. The third-order valence-corrected chi connectivity index (χ3v) is 3.20. The number of hydrogen-bond acceptors (Lipinski definition) is 4. The molecule has 0 aliphatic heterocycles. The molecule has 1 aromatic heterocycles. The van der Waals surface area contributed by atoms with Crippen LogP contribution >= 0.6 is 0 Å². The summed E-state index contributed by atoms with van der Waals surface area (Å²) in [5.41, 5.74) is 2.59. The van der Waals surface area contributed by atoms with E-state index in [1.807, 2.05) is 0 Å². The van der Waals surface area contributed by atoms with Crippen LogP contribution in [0.1, 0.15) is 36.3 Å². The molecule has 108 valence electrons. The highest BCUT2D eigenvalue weighted by Gasteiger charge is 2.06. The Bertz CT molecular complexity index is 505. The lowest BCUT2D eigenvalue weighted by Gasteiger charge is -1.99. The zero-order valence-corrected chi connectivity index (χ0v) is 12.4. The number of nitrogens with one attached hydrogen (secondary N) is 1. The highest BCUT2D eigenvalue weighted by molar-refractivity contribution is 5.21. The van der Waals surface area contributed by atoms with Gasteiger partial charge < -0.3 is 9.73 Å². The molecule has 2 aromatic rings. The summed E-state index contributed by atoms with van der Waals surface area (Å²) in [4.78, 5) is 0. The van der Waals surface area contributed by atoms with Crippen LogP contribution in [-0.2, 0) is 19.3 Å². The van der Waals surface area contributed by atoms with Crippen molar-refractivity contribution < 1.29 is 4.42 Å². The van der Waals surface area contributed by atoms with Gasteiger partial charge in [0.15, 0.2) is 0 Å². The molecular weight excluding hydrogens is 250 g/mol. The van der Waals surface area contributed by atoms with Gasteiger partial charge in [0.25, 0.3) is 0 Å². The number of benzene rings is 1. The van der Waals surface area contributed by atoms with Crippen molar-refractivity contribution in [2.24, 2.45) is 0 Å². The summed E-state index contributed by atoms with van der Waals surface area (Å²) in [5.74, 6) is 1.46. The van der Waals surface area contributed by atoms with E-state index in [9.17, 15) is 0 Å². The third kappa shape index (κ3) is 4.78. The van der Waals surface area contributed by atoms with Crippen LogP contribution in [0.15, 0.2) is 28.7 Å². The minimum absolute atomic E-state index is 0.729. The van der Waals surface area contributed by atoms with Crippen LogP contribution in [0, 0.1) is 6.92 Å². The predicted octanol–water partition coefficient (Wildman–Crippen LogP) is 2.71. The van der Waals surface area contributed by atoms with E-state index in [1.54, 1.807) is 0 Å². The zero-order chi connectivity index (χ0) is 14.2. The van der Waals surface area contributed by atoms with E-state index in [4.69, 9.17) is 4.42 Å². The molecule has 1 N–H and O–H groups in total. The number of hydrogen-bond donors (Lipinski definition) is 1. The molecule has 1 aromatic carbocycles. The van der Waals surface area contributed by atoms with E-state index in [0.717, 1.165) is 50.6 Å². The molecule has 4 heteroatoms. The van der Waals surface area contributed by atoms with Crippen molar-refractivity contribution in [2.45, 2.75) is 39.5 Å². The topological polar surface area (TPSA) is 51.0 Å². The molecule has 0 amide bonds. The molecule has 1 heterocycles. The molecule has 0 saturated carbocycles. The number of aryl methyl sites for hydroxylation is 3. The molecule has 0 bridgehead atoms. The number of rotatable bonds is 8. The molecule has 0 unspecified atom stereocenters. The van der Waals surface area contributed by atoms with E-state index in [1.165, 1.54) is 11.1 Å². The smallest absolute Gasteiger partial charge is 0.217 e. The summed E-state index contributed by atoms with van der Waals surface area (Å²) < 4.78 is 5.65. The second-order valence-electron chi connectivity index (χ2n) is 5.08. The highest BCUT2D eigenvalue weighted by atomic mass is 16.4. The summed E-state index contributed by atoms with van der Waals surface area (Å²) in [6.45, 7) is 6.19. The Morgan fingerprint density at radius 3 is 2.35 bits per heavy atom. The van der Waals surface area contributed by atoms with Gasteiger partial charge in [-0.2, -0.15) is 0 Å². The van der Waals surface area contributed by atoms with Gasteiger partial charge in [-0.25, -0.2) is 0 Å². The maximum absolute atomic E-state index is 5.65. The monoisotopic (exact) mass is 273 g/mol. The maximum Gasteiger partial charge on any atom is 0.217 e. The Hall–Kier alpha value is -1.68. The summed E-state index contributed by atoms with van der Waals surface area (Å²) >= 11 is 0. The van der Waals surface area contributed by atoms with Gasteiger partial charge in [0, 0.05) is 19.4 Å². The van der Waals surface area contributed by atoms with Crippen molar-refractivity contribution in [2.75, 3.05) is 13.1 Å². The van der Waals surface area contributed by atoms with E-state index >= 15 is 0 Å². The van der Waals surface area contributed by atoms with Crippen molar-refractivity contribution in [1.29, 1.82) is 0 Å². The van der Waals surface area contributed by atoms with Crippen molar-refractivity contribution in [1.82, 2.24) is 15.5 Å². The molecule has 20 heavy (non-hydrogen) atoms. The Morgan fingerprint density at radius 1 is 0.950 bits per heavy atom. The summed E-state index contributed by atoms with van der Waals surface area (Å²) in [5, 5.41) is 11.5. The predicted molar refractivity (Wildman–Crippen MR) is 79.7 cm³/mol. The second kappa shape index (κ2) is 7.80.